The number of carbonyl (C=O) groups excluding carboxylic acids is 1. The van der Waals surface area contributed by atoms with Crippen LogP contribution in [0.2, 0.25) is 0 Å². The SMILES string of the molecule is Cn1cc(C2C3OC(CC3O)C2C(=O)Nc2ccc(F)c(C(F)(F)F)c2)c(C(F)(F)F)n1. The summed E-state index contributed by atoms with van der Waals surface area (Å²) in [7, 11) is 1.26. The summed E-state index contributed by atoms with van der Waals surface area (Å²) in [4.78, 5) is 13.0. The van der Waals surface area contributed by atoms with Crippen LogP contribution in [0.25, 0.3) is 0 Å². The summed E-state index contributed by atoms with van der Waals surface area (Å²) in [6.07, 6.45) is -12.0. The fourth-order valence-corrected chi connectivity index (χ4v) is 4.43. The van der Waals surface area contributed by atoms with Gasteiger partial charge in [-0.2, -0.15) is 31.4 Å². The zero-order valence-corrected chi connectivity index (χ0v) is 16.2. The third-order valence-corrected chi connectivity index (χ3v) is 5.65. The van der Waals surface area contributed by atoms with Crippen LogP contribution in [0.3, 0.4) is 0 Å². The fourth-order valence-electron chi connectivity index (χ4n) is 4.43. The number of amides is 1. The van der Waals surface area contributed by atoms with Gasteiger partial charge in [-0.3, -0.25) is 9.48 Å². The Morgan fingerprint density at radius 2 is 1.91 bits per heavy atom. The van der Waals surface area contributed by atoms with Crippen molar-refractivity contribution in [2.45, 2.75) is 43.0 Å². The molecule has 1 aromatic heterocycles. The molecule has 2 bridgehead atoms. The maximum absolute atomic E-state index is 13.5. The predicted octanol–water partition coefficient (Wildman–Crippen LogP) is 3.47. The van der Waals surface area contributed by atoms with Crippen LogP contribution < -0.4 is 5.32 Å². The van der Waals surface area contributed by atoms with E-state index in [9.17, 15) is 40.6 Å². The molecule has 0 spiro atoms. The molecule has 0 aliphatic carbocycles. The van der Waals surface area contributed by atoms with Crippen molar-refractivity contribution in [3.05, 3.63) is 47.0 Å². The Morgan fingerprint density at radius 1 is 1.22 bits per heavy atom. The number of aliphatic hydroxyl groups is 1. The van der Waals surface area contributed by atoms with Crippen LogP contribution in [0.1, 0.15) is 29.2 Å². The molecule has 2 aliphatic heterocycles. The van der Waals surface area contributed by atoms with E-state index in [1.165, 1.54) is 7.05 Å². The minimum Gasteiger partial charge on any atom is -0.390 e. The Balaban J connectivity index is 1.68. The van der Waals surface area contributed by atoms with Gasteiger partial charge in [0.1, 0.15) is 5.82 Å². The molecule has 2 fully saturated rings. The smallest absolute Gasteiger partial charge is 0.390 e. The number of alkyl halides is 6. The summed E-state index contributed by atoms with van der Waals surface area (Å²) < 4.78 is 99.4. The molecule has 5 atom stereocenters. The van der Waals surface area contributed by atoms with E-state index in [1.54, 1.807) is 0 Å². The lowest BCUT2D eigenvalue weighted by Crippen LogP contribution is -2.41. The lowest BCUT2D eigenvalue weighted by molar-refractivity contribution is -0.143. The van der Waals surface area contributed by atoms with Gasteiger partial charge in [0.25, 0.3) is 0 Å². The molecule has 0 radical (unpaired) electrons. The van der Waals surface area contributed by atoms with Gasteiger partial charge in [0.2, 0.25) is 5.91 Å². The number of ether oxygens (including phenoxy) is 1. The molecular weight excluding hydrogens is 451 g/mol. The molecular formula is C19H16F7N3O3. The average molecular weight is 467 g/mol. The number of fused-ring (bicyclic) bond motifs is 2. The van der Waals surface area contributed by atoms with Gasteiger partial charge in [0.05, 0.1) is 29.8 Å². The van der Waals surface area contributed by atoms with Crippen LogP contribution in [0.5, 0.6) is 0 Å². The largest absolute Gasteiger partial charge is 0.435 e. The molecule has 5 unspecified atom stereocenters. The summed E-state index contributed by atoms with van der Waals surface area (Å²) in [5, 5.41) is 15.8. The van der Waals surface area contributed by atoms with E-state index in [2.05, 4.69) is 10.4 Å². The van der Waals surface area contributed by atoms with Gasteiger partial charge in [-0.25, -0.2) is 4.39 Å². The quantitative estimate of drug-likeness (QED) is 0.679. The maximum Gasteiger partial charge on any atom is 0.435 e. The van der Waals surface area contributed by atoms with Gasteiger partial charge in [0, 0.05) is 36.8 Å². The first-order chi connectivity index (χ1) is 14.8. The second kappa shape index (κ2) is 7.44. The topological polar surface area (TPSA) is 76.4 Å². The van der Waals surface area contributed by atoms with Crippen molar-refractivity contribution in [3.63, 3.8) is 0 Å². The number of anilines is 1. The second-order valence-electron chi connectivity index (χ2n) is 7.78. The van der Waals surface area contributed by atoms with Crippen molar-refractivity contribution in [3.8, 4) is 0 Å². The summed E-state index contributed by atoms with van der Waals surface area (Å²) in [5.74, 6) is -4.93. The third kappa shape index (κ3) is 3.83. The first-order valence-electron chi connectivity index (χ1n) is 9.39. The van der Waals surface area contributed by atoms with Crippen LogP contribution in [0, 0.1) is 11.7 Å². The number of halogens is 7. The van der Waals surface area contributed by atoms with Crippen molar-refractivity contribution in [1.82, 2.24) is 9.78 Å². The Bertz CT molecular complexity index is 1050. The zero-order chi connectivity index (χ0) is 23.6. The maximum atomic E-state index is 13.5. The zero-order valence-electron chi connectivity index (χ0n) is 16.2. The van der Waals surface area contributed by atoms with Crippen LogP contribution in [-0.2, 0) is 28.9 Å². The number of hydrogen-bond donors (Lipinski definition) is 2. The highest BCUT2D eigenvalue weighted by molar-refractivity contribution is 5.94. The summed E-state index contributed by atoms with van der Waals surface area (Å²) in [5.41, 5.74) is -3.58. The molecule has 0 saturated carbocycles. The van der Waals surface area contributed by atoms with Crippen LogP contribution >= 0.6 is 0 Å². The number of nitrogens with zero attached hydrogens (tertiary/aromatic N) is 2. The highest BCUT2D eigenvalue weighted by Crippen LogP contribution is 2.51. The number of carbonyl (C=O) groups is 1. The number of aromatic nitrogens is 2. The molecule has 2 aliphatic rings. The fraction of sp³-hybridized carbons (Fsp3) is 0.474. The third-order valence-electron chi connectivity index (χ3n) is 5.65. The van der Waals surface area contributed by atoms with E-state index in [-0.39, 0.29) is 17.7 Å². The molecule has 1 amide bonds. The number of benzene rings is 1. The normalized spacial score (nSPS) is 27.7. The van der Waals surface area contributed by atoms with Crippen LogP contribution in [0.15, 0.2) is 24.4 Å². The molecule has 1 aromatic carbocycles. The first-order valence-corrected chi connectivity index (χ1v) is 9.39. The number of rotatable bonds is 3. The van der Waals surface area contributed by atoms with Crippen molar-refractivity contribution in [2.75, 3.05) is 5.32 Å². The Hall–Kier alpha value is -2.67. The Morgan fingerprint density at radius 3 is 2.53 bits per heavy atom. The minimum absolute atomic E-state index is 0.0297. The molecule has 174 valence electrons. The highest BCUT2D eigenvalue weighted by atomic mass is 19.4. The number of aliphatic hydroxyl groups excluding tert-OH is 1. The van der Waals surface area contributed by atoms with Gasteiger partial charge in [-0.1, -0.05) is 0 Å². The summed E-state index contributed by atoms with van der Waals surface area (Å²) in [6, 6.07) is 1.84. The van der Waals surface area contributed by atoms with E-state index >= 15 is 0 Å². The van der Waals surface area contributed by atoms with E-state index in [1.807, 2.05) is 0 Å². The van der Waals surface area contributed by atoms with Crippen molar-refractivity contribution in [1.29, 1.82) is 0 Å². The minimum atomic E-state index is -5.01. The molecule has 4 rings (SSSR count). The lowest BCUT2D eigenvalue weighted by Gasteiger charge is -2.30. The van der Waals surface area contributed by atoms with Crippen LogP contribution in [0.4, 0.5) is 36.4 Å². The average Bonchev–Trinajstić information content (AvgIpc) is 3.33. The van der Waals surface area contributed by atoms with Gasteiger partial charge in [-0.15, -0.1) is 0 Å². The molecule has 2 aromatic rings. The van der Waals surface area contributed by atoms with E-state index in [0.29, 0.717) is 12.1 Å². The van der Waals surface area contributed by atoms with Crippen molar-refractivity contribution < 1.29 is 45.4 Å². The van der Waals surface area contributed by atoms with Crippen molar-refractivity contribution in [2.24, 2.45) is 13.0 Å². The molecule has 6 nitrogen and oxygen atoms in total. The second-order valence-corrected chi connectivity index (χ2v) is 7.78. The van der Waals surface area contributed by atoms with E-state index in [0.717, 1.165) is 16.9 Å². The summed E-state index contributed by atoms with van der Waals surface area (Å²) in [6.45, 7) is 0. The highest BCUT2D eigenvalue weighted by Gasteiger charge is 2.59. The van der Waals surface area contributed by atoms with Gasteiger partial charge in [0.15, 0.2) is 5.69 Å². The Labute approximate surface area is 176 Å². The molecule has 3 heterocycles. The predicted molar refractivity (Wildman–Crippen MR) is 93.8 cm³/mol. The van der Waals surface area contributed by atoms with Gasteiger partial charge < -0.3 is 15.2 Å². The van der Waals surface area contributed by atoms with E-state index in [4.69, 9.17) is 4.74 Å². The van der Waals surface area contributed by atoms with Gasteiger partial charge >= 0.3 is 12.4 Å². The molecule has 2 saturated heterocycles. The first kappa shape index (κ1) is 22.5. The molecule has 32 heavy (non-hydrogen) atoms. The molecule has 2 N–H and O–H groups in total. The monoisotopic (exact) mass is 467 g/mol. The number of nitrogens with one attached hydrogen (secondary N) is 1. The lowest BCUT2D eigenvalue weighted by atomic mass is 9.73. The van der Waals surface area contributed by atoms with Gasteiger partial charge in [-0.05, 0) is 18.2 Å². The number of aryl methyl sites for hydroxylation is 1. The van der Waals surface area contributed by atoms with E-state index < -0.39 is 65.5 Å². The summed E-state index contributed by atoms with van der Waals surface area (Å²) >= 11 is 0. The Kier molecular flexibility index (Phi) is 5.24. The van der Waals surface area contributed by atoms with Crippen LogP contribution in [-0.4, -0.2) is 39.1 Å². The van der Waals surface area contributed by atoms with Crippen molar-refractivity contribution >= 4 is 11.6 Å². The molecule has 13 heteroatoms. The number of hydrogen-bond acceptors (Lipinski definition) is 4. The standard InChI is InChI=1S/C19H16F7N3O3/c1-29-6-8(16(28-29)19(24,25)26)13-14(12-5-11(30)15(13)32-12)17(31)27-7-2-3-10(20)9(4-7)18(21,22)23/h2-4,6,11-15,30H,5H2,1H3,(H,27,31).